The molecule has 7 heteroatoms. The predicted molar refractivity (Wildman–Crippen MR) is 107 cm³/mol. The van der Waals surface area contributed by atoms with Crippen molar-refractivity contribution in [2.75, 3.05) is 13.2 Å². The van der Waals surface area contributed by atoms with Gasteiger partial charge in [-0.25, -0.2) is 0 Å². The first-order chi connectivity index (χ1) is 11.3. The Morgan fingerprint density at radius 2 is 2.17 bits per heavy atom. The quantitative estimate of drug-likeness (QED) is 0.414. The molecule has 136 valence electrons. The molecular formula is C17H30IN5O. The summed E-state index contributed by atoms with van der Waals surface area (Å²) in [7, 11) is 0. The van der Waals surface area contributed by atoms with E-state index < -0.39 is 0 Å². The summed E-state index contributed by atoms with van der Waals surface area (Å²) >= 11 is 0. The Balaban J connectivity index is 0.00000208. The van der Waals surface area contributed by atoms with Crippen LogP contribution in [-0.4, -0.2) is 34.9 Å². The number of hydrogen-bond acceptors (Lipinski definition) is 3. The lowest BCUT2D eigenvalue weighted by molar-refractivity contribution is 0.0851. The molecule has 0 aromatic carbocycles. The molecule has 2 atom stereocenters. The summed E-state index contributed by atoms with van der Waals surface area (Å²) in [6.07, 6.45) is 9.32. The van der Waals surface area contributed by atoms with Crippen LogP contribution in [0.25, 0.3) is 0 Å². The summed E-state index contributed by atoms with van der Waals surface area (Å²) in [5.74, 6) is 0.968. The second-order valence-corrected chi connectivity index (χ2v) is 6.62. The minimum Gasteiger partial charge on any atom is -0.372 e. The molecule has 0 amide bonds. The van der Waals surface area contributed by atoms with E-state index >= 15 is 0 Å². The third-order valence-electron chi connectivity index (χ3n) is 5.01. The normalized spacial score (nSPS) is 25.5. The first kappa shape index (κ1) is 19.5. The van der Waals surface area contributed by atoms with Crippen molar-refractivity contribution in [3.63, 3.8) is 0 Å². The van der Waals surface area contributed by atoms with Gasteiger partial charge in [-0.15, -0.1) is 24.0 Å². The summed E-state index contributed by atoms with van der Waals surface area (Å²) < 4.78 is 7.95. The number of nitrogens with one attached hydrogen (secondary N) is 1. The number of hydrogen-bond donors (Lipinski definition) is 2. The smallest absolute Gasteiger partial charge is 0.188 e. The highest BCUT2D eigenvalue weighted by molar-refractivity contribution is 14.0. The van der Waals surface area contributed by atoms with Gasteiger partial charge in [0.05, 0.1) is 5.69 Å². The van der Waals surface area contributed by atoms with E-state index in [4.69, 9.17) is 10.5 Å². The highest BCUT2D eigenvalue weighted by Gasteiger charge is 2.31. The maximum Gasteiger partial charge on any atom is 0.188 e. The van der Waals surface area contributed by atoms with Gasteiger partial charge in [0.25, 0.3) is 0 Å². The summed E-state index contributed by atoms with van der Waals surface area (Å²) in [5, 5.41) is 7.73. The molecule has 1 aromatic rings. The van der Waals surface area contributed by atoms with Crippen LogP contribution in [0.3, 0.4) is 0 Å². The maximum absolute atomic E-state index is 6.08. The molecule has 0 unspecified atom stereocenters. The van der Waals surface area contributed by atoms with Crippen molar-refractivity contribution in [3.05, 3.63) is 18.0 Å². The summed E-state index contributed by atoms with van der Waals surface area (Å²) in [6.45, 7) is 4.47. The van der Waals surface area contributed by atoms with Crippen LogP contribution < -0.4 is 11.1 Å². The van der Waals surface area contributed by atoms with Crippen LogP contribution in [-0.2, 0) is 11.3 Å². The van der Waals surface area contributed by atoms with E-state index in [9.17, 15) is 0 Å². The van der Waals surface area contributed by atoms with Crippen LogP contribution in [0.2, 0.25) is 0 Å². The zero-order valence-corrected chi connectivity index (χ0v) is 16.8. The standard InChI is InChI=1S/C17H29N5O.HI/c1-2-22-15(8-10-20-22)16-13(9-11-23-16)12-19-17(18)21-14-6-4-3-5-7-14;/h8,10,13-14,16H,2-7,9,11-12H2,1H3,(H3,18,19,21);1H/t13-,16+;/m0./s1. The number of aromatic nitrogens is 2. The molecule has 1 aliphatic heterocycles. The minimum absolute atomic E-state index is 0. The number of halogens is 1. The van der Waals surface area contributed by atoms with Crippen molar-refractivity contribution in [1.82, 2.24) is 15.1 Å². The highest BCUT2D eigenvalue weighted by atomic mass is 127. The zero-order valence-electron chi connectivity index (χ0n) is 14.5. The molecule has 1 saturated heterocycles. The Hall–Kier alpha value is -0.830. The molecule has 2 fully saturated rings. The second kappa shape index (κ2) is 9.60. The van der Waals surface area contributed by atoms with Gasteiger partial charge >= 0.3 is 0 Å². The maximum atomic E-state index is 6.08. The molecule has 0 bridgehead atoms. The average molecular weight is 447 g/mol. The molecule has 1 aromatic heterocycles. The highest BCUT2D eigenvalue weighted by Crippen LogP contribution is 2.34. The fourth-order valence-corrected chi connectivity index (χ4v) is 3.71. The van der Waals surface area contributed by atoms with Gasteiger partial charge in [-0.05, 0) is 32.3 Å². The fraction of sp³-hybridized carbons (Fsp3) is 0.765. The van der Waals surface area contributed by atoms with Crippen molar-refractivity contribution >= 4 is 29.9 Å². The molecule has 3 N–H and O–H groups in total. The van der Waals surface area contributed by atoms with Crippen LogP contribution >= 0.6 is 24.0 Å². The zero-order chi connectivity index (χ0) is 16.1. The van der Waals surface area contributed by atoms with Gasteiger partial charge in [0.15, 0.2) is 5.96 Å². The number of rotatable bonds is 5. The van der Waals surface area contributed by atoms with E-state index in [-0.39, 0.29) is 30.1 Å². The van der Waals surface area contributed by atoms with Crippen molar-refractivity contribution < 1.29 is 4.74 Å². The molecule has 24 heavy (non-hydrogen) atoms. The third kappa shape index (κ3) is 4.84. The van der Waals surface area contributed by atoms with Gasteiger partial charge < -0.3 is 15.8 Å². The lowest BCUT2D eigenvalue weighted by Crippen LogP contribution is -2.41. The Kier molecular flexibility index (Phi) is 7.80. The van der Waals surface area contributed by atoms with Gasteiger partial charge in [0.1, 0.15) is 6.10 Å². The number of nitrogens with two attached hydrogens (primary N) is 1. The molecule has 3 rings (SSSR count). The van der Waals surface area contributed by atoms with E-state index in [1.165, 1.54) is 32.1 Å². The first-order valence-corrected chi connectivity index (χ1v) is 8.97. The van der Waals surface area contributed by atoms with Gasteiger partial charge in [-0.1, -0.05) is 19.3 Å². The Labute approximate surface area is 161 Å². The first-order valence-electron chi connectivity index (χ1n) is 8.97. The molecule has 6 nitrogen and oxygen atoms in total. The average Bonchev–Trinajstić information content (AvgIpc) is 3.22. The molecular weight excluding hydrogens is 417 g/mol. The SMILES string of the molecule is CCn1nccc1[C@@H]1OCC[C@H]1CN=C(N)NC1CCCCC1.I. The van der Waals surface area contributed by atoms with Gasteiger partial charge in [-0.3, -0.25) is 9.67 Å². The Morgan fingerprint density at radius 3 is 2.92 bits per heavy atom. The van der Waals surface area contributed by atoms with Crippen molar-refractivity contribution in [2.24, 2.45) is 16.6 Å². The van der Waals surface area contributed by atoms with Crippen molar-refractivity contribution in [1.29, 1.82) is 0 Å². The minimum atomic E-state index is 0. The van der Waals surface area contributed by atoms with Crippen LogP contribution in [0, 0.1) is 5.92 Å². The van der Waals surface area contributed by atoms with Crippen LogP contribution in [0.15, 0.2) is 17.3 Å². The van der Waals surface area contributed by atoms with Crippen LogP contribution in [0.4, 0.5) is 0 Å². The Bertz CT molecular complexity index is 527. The number of nitrogens with zero attached hydrogens (tertiary/aromatic N) is 3. The largest absolute Gasteiger partial charge is 0.372 e. The van der Waals surface area contributed by atoms with Crippen molar-refractivity contribution in [3.8, 4) is 0 Å². The van der Waals surface area contributed by atoms with Crippen molar-refractivity contribution in [2.45, 2.75) is 64.1 Å². The fourth-order valence-electron chi connectivity index (χ4n) is 3.71. The molecule has 2 aliphatic rings. The number of ether oxygens (including phenoxy) is 1. The second-order valence-electron chi connectivity index (χ2n) is 6.62. The monoisotopic (exact) mass is 447 g/mol. The van der Waals surface area contributed by atoms with E-state index in [1.54, 1.807) is 0 Å². The lowest BCUT2D eigenvalue weighted by atomic mass is 9.96. The number of aryl methyl sites for hydroxylation is 1. The van der Waals surface area contributed by atoms with Crippen LogP contribution in [0.1, 0.15) is 57.2 Å². The molecule has 1 aliphatic carbocycles. The molecule has 0 radical (unpaired) electrons. The van der Waals surface area contributed by atoms with E-state index in [1.807, 2.05) is 10.9 Å². The van der Waals surface area contributed by atoms with E-state index in [2.05, 4.69) is 28.4 Å². The van der Waals surface area contributed by atoms with Gasteiger partial charge in [0.2, 0.25) is 0 Å². The topological polar surface area (TPSA) is 77.5 Å². The Morgan fingerprint density at radius 1 is 1.38 bits per heavy atom. The number of aliphatic imine (C=N–C) groups is 1. The van der Waals surface area contributed by atoms with E-state index in [0.717, 1.165) is 25.3 Å². The summed E-state index contributed by atoms with van der Waals surface area (Å²) in [4.78, 5) is 4.59. The summed E-state index contributed by atoms with van der Waals surface area (Å²) in [6, 6.07) is 2.56. The summed E-state index contributed by atoms with van der Waals surface area (Å²) in [5.41, 5.74) is 7.24. The predicted octanol–water partition coefficient (Wildman–Crippen LogP) is 2.84. The third-order valence-corrected chi connectivity index (χ3v) is 5.01. The van der Waals surface area contributed by atoms with Crippen LogP contribution in [0.5, 0.6) is 0 Å². The molecule has 2 heterocycles. The molecule has 0 spiro atoms. The number of guanidine groups is 1. The van der Waals surface area contributed by atoms with Gasteiger partial charge in [-0.2, -0.15) is 5.10 Å². The lowest BCUT2D eigenvalue weighted by Gasteiger charge is -2.23. The van der Waals surface area contributed by atoms with Gasteiger partial charge in [0, 0.05) is 37.9 Å². The van der Waals surface area contributed by atoms with E-state index in [0.29, 0.717) is 24.5 Å². The molecule has 1 saturated carbocycles.